The smallest absolute Gasteiger partial charge is 0.00961 e. The molecule has 1 nitrogen and oxygen atoms in total. The molecular formula is C16H33N. The minimum Gasteiger partial charge on any atom is -0.317 e. The molecule has 1 heteroatoms. The normalized spacial score (nSPS) is 22.9. The van der Waals surface area contributed by atoms with Gasteiger partial charge < -0.3 is 5.32 Å². The van der Waals surface area contributed by atoms with Gasteiger partial charge in [0.25, 0.3) is 0 Å². The minimum atomic E-state index is 0.869. The van der Waals surface area contributed by atoms with E-state index in [1.54, 1.807) is 0 Å². The van der Waals surface area contributed by atoms with Crippen LogP contribution in [0, 0.1) is 5.92 Å². The minimum absolute atomic E-state index is 0.869. The third-order valence-corrected chi connectivity index (χ3v) is 4.22. The number of nitrogens with one attached hydrogen (secondary N) is 1. The predicted octanol–water partition coefficient (Wildman–Crippen LogP) is 4.91. The van der Waals surface area contributed by atoms with Crippen LogP contribution in [0.15, 0.2) is 0 Å². The highest BCUT2D eigenvalue weighted by Crippen LogP contribution is 2.34. The molecular weight excluding hydrogens is 206 g/mol. The molecule has 2 atom stereocenters. The third-order valence-electron chi connectivity index (χ3n) is 4.22. The average molecular weight is 239 g/mol. The first-order chi connectivity index (χ1) is 8.38. The third kappa shape index (κ3) is 7.81. The second kappa shape index (κ2) is 9.94. The number of rotatable bonds is 12. The van der Waals surface area contributed by atoms with E-state index in [4.69, 9.17) is 0 Å². The van der Waals surface area contributed by atoms with Gasteiger partial charge >= 0.3 is 0 Å². The van der Waals surface area contributed by atoms with Gasteiger partial charge in [0, 0.05) is 6.04 Å². The maximum atomic E-state index is 3.37. The van der Waals surface area contributed by atoms with E-state index in [1.165, 1.54) is 77.0 Å². The van der Waals surface area contributed by atoms with Gasteiger partial charge in [-0.2, -0.15) is 0 Å². The van der Waals surface area contributed by atoms with E-state index in [-0.39, 0.29) is 0 Å². The summed E-state index contributed by atoms with van der Waals surface area (Å²) in [4.78, 5) is 0. The standard InChI is InChI=1S/C16H33N/c1-3-4-5-6-7-8-9-10-11-12-13-15-14-16(15)17-2/h15-17H,3-14H2,1-2H3. The molecule has 0 amide bonds. The second-order valence-electron chi connectivity index (χ2n) is 5.86. The van der Waals surface area contributed by atoms with Crippen LogP contribution < -0.4 is 5.32 Å². The Morgan fingerprint density at radius 3 is 1.82 bits per heavy atom. The molecule has 102 valence electrons. The van der Waals surface area contributed by atoms with Crippen LogP contribution in [-0.4, -0.2) is 13.1 Å². The van der Waals surface area contributed by atoms with Crippen LogP contribution >= 0.6 is 0 Å². The van der Waals surface area contributed by atoms with Crippen molar-refractivity contribution < 1.29 is 0 Å². The van der Waals surface area contributed by atoms with Crippen molar-refractivity contribution in [1.29, 1.82) is 0 Å². The van der Waals surface area contributed by atoms with Crippen molar-refractivity contribution in [3.8, 4) is 0 Å². The molecule has 1 N–H and O–H groups in total. The molecule has 17 heavy (non-hydrogen) atoms. The molecule has 1 rings (SSSR count). The van der Waals surface area contributed by atoms with Crippen LogP contribution in [0.2, 0.25) is 0 Å². The summed E-state index contributed by atoms with van der Waals surface area (Å²) in [6.07, 6.45) is 17.5. The summed E-state index contributed by atoms with van der Waals surface area (Å²) in [5, 5.41) is 3.37. The van der Waals surface area contributed by atoms with Crippen molar-refractivity contribution in [1.82, 2.24) is 5.32 Å². The highest BCUT2D eigenvalue weighted by atomic mass is 14.9. The first-order valence-electron chi connectivity index (χ1n) is 8.05. The fourth-order valence-electron chi connectivity index (χ4n) is 2.81. The van der Waals surface area contributed by atoms with Crippen molar-refractivity contribution in [3.05, 3.63) is 0 Å². The van der Waals surface area contributed by atoms with Crippen LogP contribution in [0.1, 0.15) is 84.0 Å². The molecule has 1 fully saturated rings. The lowest BCUT2D eigenvalue weighted by atomic mass is 10.0. The van der Waals surface area contributed by atoms with Gasteiger partial charge in [0.2, 0.25) is 0 Å². The van der Waals surface area contributed by atoms with Crippen LogP contribution in [0.3, 0.4) is 0 Å². The fourth-order valence-corrected chi connectivity index (χ4v) is 2.81. The quantitative estimate of drug-likeness (QED) is 0.477. The van der Waals surface area contributed by atoms with E-state index in [2.05, 4.69) is 19.3 Å². The summed E-state index contributed by atoms with van der Waals surface area (Å²) < 4.78 is 0. The molecule has 0 aliphatic heterocycles. The Balaban J connectivity index is 1.68. The first kappa shape index (κ1) is 15.0. The lowest BCUT2D eigenvalue weighted by Gasteiger charge is -2.02. The molecule has 0 aromatic heterocycles. The van der Waals surface area contributed by atoms with Crippen molar-refractivity contribution >= 4 is 0 Å². The molecule has 1 saturated carbocycles. The predicted molar refractivity (Wildman–Crippen MR) is 77.4 cm³/mol. The Kier molecular flexibility index (Phi) is 8.78. The SMILES string of the molecule is CCCCCCCCCCCCC1CC1NC. The number of hydrogen-bond acceptors (Lipinski definition) is 1. The first-order valence-corrected chi connectivity index (χ1v) is 8.05. The summed E-state index contributed by atoms with van der Waals surface area (Å²) in [6.45, 7) is 2.29. The zero-order valence-corrected chi connectivity index (χ0v) is 12.1. The van der Waals surface area contributed by atoms with Gasteiger partial charge in [-0.1, -0.05) is 71.1 Å². The van der Waals surface area contributed by atoms with Gasteiger partial charge in [-0.3, -0.25) is 0 Å². The van der Waals surface area contributed by atoms with Gasteiger partial charge in [-0.15, -0.1) is 0 Å². The lowest BCUT2D eigenvalue weighted by Crippen LogP contribution is -2.10. The molecule has 0 radical (unpaired) electrons. The highest BCUT2D eigenvalue weighted by Gasteiger charge is 2.34. The molecule has 1 aliphatic carbocycles. The maximum absolute atomic E-state index is 3.37. The van der Waals surface area contributed by atoms with E-state index in [0.717, 1.165) is 12.0 Å². The summed E-state index contributed by atoms with van der Waals surface area (Å²) in [5.74, 6) is 1.02. The molecule has 0 bridgehead atoms. The molecule has 0 aromatic rings. The summed E-state index contributed by atoms with van der Waals surface area (Å²) in [6, 6.07) is 0.869. The van der Waals surface area contributed by atoms with E-state index in [0.29, 0.717) is 0 Å². The largest absolute Gasteiger partial charge is 0.317 e. The fraction of sp³-hybridized carbons (Fsp3) is 1.00. The summed E-state index contributed by atoms with van der Waals surface area (Å²) in [7, 11) is 2.10. The Morgan fingerprint density at radius 1 is 0.824 bits per heavy atom. The zero-order valence-electron chi connectivity index (χ0n) is 12.1. The van der Waals surface area contributed by atoms with Gasteiger partial charge in [-0.05, 0) is 25.8 Å². The lowest BCUT2D eigenvalue weighted by molar-refractivity contribution is 0.533. The Bertz CT molecular complexity index is 167. The molecule has 1 aliphatic rings. The van der Waals surface area contributed by atoms with Crippen molar-refractivity contribution in [2.24, 2.45) is 5.92 Å². The van der Waals surface area contributed by atoms with E-state index in [1.807, 2.05) is 0 Å². The van der Waals surface area contributed by atoms with Gasteiger partial charge in [-0.25, -0.2) is 0 Å². The number of hydrogen-bond donors (Lipinski definition) is 1. The number of unbranched alkanes of at least 4 members (excludes halogenated alkanes) is 9. The van der Waals surface area contributed by atoms with Crippen LogP contribution in [0.5, 0.6) is 0 Å². The van der Waals surface area contributed by atoms with Gasteiger partial charge in [0.05, 0.1) is 0 Å². The second-order valence-corrected chi connectivity index (χ2v) is 5.86. The van der Waals surface area contributed by atoms with Crippen molar-refractivity contribution in [2.45, 2.75) is 90.0 Å². The van der Waals surface area contributed by atoms with E-state index >= 15 is 0 Å². The van der Waals surface area contributed by atoms with Gasteiger partial charge in [0.1, 0.15) is 0 Å². The Labute approximate surface area is 109 Å². The molecule has 2 unspecified atom stereocenters. The van der Waals surface area contributed by atoms with Crippen molar-refractivity contribution in [2.75, 3.05) is 7.05 Å². The molecule has 0 saturated heterocycles. The summed E-state index contributed by atoms with van der Waals surface area (Å²) in [5.41, 5.74) is 0. The van der Waals surface area contributed by atoms with E-state index in [9.17, 15) is 0 Å². The molecule has 0 heterocycles. The van der Waals surface area contributed by atoms with Crippen LogP contribution in [-0.2, 0) is 0 Å². The van der Waals surface area contributed by atoms with Crippen molar-refractivity contribution in [3.63, 3.8) is 0 Å². The molecule has 0 spiro atoms. The summed E-state index contributed by atoms with van der Waals surface area (Å²) >= 11 is 0. The average Bonchev–Trinajstić information content (AvgIpc) is 3.10. The highest BCUT2D eigenvalue weighted by molar-refractivity contribution is 4.91. The molecule has 0 aromatic carbocycles. The zero-order chi connectivity index (χ0) is 12.3. The Morgan fingerprint density at radius 2 is 1.35 bits per heavy atom. The Hall–Kier alpha value is -0.0400. The maximum Gasteiger partial charge on any atom is 0.00961 e. The topological polar surface area (TPSA) is 12.0 Å². The van der Waals surface area contributed by atoms with Gasteiger partial charge in [0.15, 0.2) is 0 Å². The van der Waals surface area contributed by atoms with Crippen LogP contribution in [0.4, 0.5) is 0 Å². The van der Waals surface area contributed by atoms with E-state index < -0.39 is 0 Å². The van der Waals surface area contributed by atoms with Crippen LogP contribution in [0.25, 0.3) is 0 Å². The monoisotopic (exact) mass is 239 g/mol.